The Morgan fingerprint density at radius 3 is 2.43 bits per heavy atom. The van der Waals surface area contributed by atoms with Crippen LogP contribution in [0.4, 0.5) is 0 Å². The lowest BCUT2D eigenvalue weighted by molar-refractivity contribution is 0.0691. The summed E-state index contributed by atoms with van der Waals surface area (Å²) in [6.07, 6.45) is 1.75. The van der Waals surface area contributed by atoms with Crippen molar-refractivity contribution in [1.29, 1.82) is 0 Å². The van der Waals surface area contributed by atoms with Crippen molar-refractivity contribution in [2.45, 2.75) is 51.5 Å². The maximum Gasteiger partial charge on any atom is 0.340 e. The molecule has 1 aliphatic heterocycles. The quantitative estimate of drug-likeness (QED) is 0.925. The summed E-state index contributed by atoms with van der Waals surface area (Å²) in [5, 5.41) is 9.30. The molecule has 118 valence electrons. The molecule has 1 aliphatic rings. The Morgan fingerprint density at radius 2 is 1.86 bits per heavy atom. The monoisotopic (exact) mass is 315 g/mol. The standard InChI is InChI=1S/C14H21NO5S/c1-8-5-6-9(2)15(7-8)21(18,19)13-11(4)20-10(3)12(13)14(16)17/h8-9H,5-7H2,1-4H3,(H,16,17). The number of hydrogen-bond acceptors (Lipinski definition) is 4. The van der Waals surface area contributed by atoms with Gasteiger partial charge in [-0.3, -0.25) is 0 Å². The highest BCUT2D eigenvalue weighted by Crippen LogP contribution is 2.33. The van der Waals surface area contributed by atoms with Gasteiger partial charge in [-0.1, -0.05) is 6.92 Å². The van der Waals surface area contributed by atoms with Crippen LogP contribution in [0.1, 0.15) is 48.6 Å². The second-order valence-electron chi connectivity index (χ2n) is 5.83. The second kappa shape index (κ2) is 5.46. The molecule has 2 rings (SSSR count). The van der Waals surface area contributed by atoms with Gasteiger partial charge in [-0.2, -0.15) is 4.31 Å². The van der Waals surface area contributed by atoms with Crippen molar-refractivity contribution >= 4 is 16.0 Å². The third-order valence-electron chi connectivity index (χ3n) is 4.05. The van der Waals surface area contributed by atoms with E-state index in [0.717, 1.165) is 12.8 Å². The van der Waals surface area contributed by atoms with Gasteiger partial charge in [0.2, 0.25) is 10.0 Å². The number of carboxylic acid groups (broad SMARTS) is 1. The van der Waals surface area contributed by atoms with Crippen molar-refractivity contribution in [2.24, 2.45) is 5.92 Å². The van der Waals surface area contributed by atoms with Gasteiger partial charge in [-0.05, 0) is 39.5 Å². The Balaban J connectivity index is 2.57. The molecule has 1 fully saturated rings. The molecule has 0 aromatic carbocycles. The van der Waals surface area contributed by atoms with Crippen LogP contribution in [0.5, 0.6) is 0 Å². The summed E-state index contributed by atoms with van der Waals surface area (Å²) >= 11 is 0. The van der Waals surface area contributed by atoms with Crippen molar-refractivity contribution < 1.29 is 22.7 Å². The minimum absolute atomic E-state index is 0.122. The number of aromatic carboxylic acids is 1. The number of hydrogen-bond donors (Lipinski definition) is 1. The second-order valence-corrected chi connectivity index (χ2v) is 7.66. The van der Waals surface area contributed by atoms with Gasteiger partial charge in [-0.25, -0.2) is 13.2 Å². The summed E-state index contributed by atoms with van der Waals surface area (Å²) in [6, 6.07) is -0.137. The Kier molecular flexibility index (Phi) is 4.17. The summed E-state index contributed by atoms with van der Waals surface area (Å²) in [5.74, 6) is -0.759. The number of carboxylic acids is 1. The van der Waals surface area contributed by atoms with Gasteiger partial charge in [0, 0.05) is 12.6 Å². The molecular formula is C14H21NO5S. The summed E-state index contributed by atoms with van der Waals surface area (Å²) < 4.78 is 32.5. The zero-order chi connectivity index (χ0) is 15.9. The Morgan fingerprint density at radius 1 is 1.24 bits per heavy atom. The number of piperidine rings is 1. The van der Waals surface area contributed by atoms with Gasteiger partial charge in [0.1, 0.15) is 22.0 Å². The molecule has 1 aromatic rings. The van der Waals surface area contributed by atoms with E-state index in [0.29, 0.717) is 6.54 Å². The first-order chi connectivity index (χ1) is 9.66. The van der Waals surface area contributed by atoms with E-state index in [9.17, 15) is 18.3 Å². The van der Waals surface area contributed by atoms with Crippen LogP contribution in [0.3, 0.4) is 0 Å². The number of nitrogens with zero attached hydrogens (tertiary/aromatic N) is 1. The molecule has 1 aromatic heterocycles. The molecule has 2 atom stereocenters. The zero-order valence-corrected chi connectivity index (χ0v) is 13.5. The fourth-order valence-corrected chi connectivity index (χ4v) is 5.08. The first kappa shape index (κ1) is 16.0. The topological polar surface area (TPSA) is 87.8 Å². The molecule has 0 aliphatic carbocycles. The van der Waals surface area contributed by atoms with Crippen molar-refractivity contribution in [3.8, 4) is 0 Å². The first-order valence-corrected chi connectivity index (χ1v) is 8.45. The number of rotatable bonds is 3. The average molecular weight is 315 g/mol. The lowest BCUT2D eigenvalue weighted by Gasteiger charge is -2.35. The largest absolute Gasteiger partial charge is 0.478 e. The molecule has 0 spiro atoms. The van der Waals surface area contributed by atoms with Crippen LogP contribution in [0, 0.1) is 19.8 Å². The fourth-order valence-electron chi connectivity index (χ4n) is 2.92. The van der Waals surface area contributed by atoms with Gasteiger partial charge < -0.3 is 9.52 Å². The van der Waals surface area contributed by atoms with Gasteiger partial charge in [-0.15, -0.1) is 0 Å². The van der Waals surface area contributed by atoms with Crippen molar-refractivity contribution in [2.75, 3.05) is 6.54 Å². The summed E-state index contributed by atoms with van der Waals surface area (Å²) in [4.78, 5) is 11.2. The van der Waals surface area contributed by atoms with E-state index >= 15 is 0 Å². The van der Waals surface area contributed by atoms with E-state index in [1.54, 1.807) is 0 Å². The predicted molar refractivity (Wildman–Crippen MR) is 76.9 cm³/mol. The Bertz CT molecular complexity index is 661. The number of carbonyl (C=O) groups is 1. The van der Waals surface area contributed by atoms with Crippen LogP contribution in [0.25, 0.3) is 0 Å². The van der Waals surface area contributed by atoms with Gasteiger partial charge in [0.25, 0.3) is 0 Å². The molecule has 21 heavy (non-hydrogen) atoms. The lowest BCUT2D eigenvalue weighted by atomic mass is 9.97. The van der Waals surface area contributed by atoms with Crippen LogP contribution in [0.15, 0.2) is 9.31 Å². The smallest absolute Gasteiger partial charge is 0.340 e. The maximum atomic E-state index is 12.9. The van der Waals surface area contributed by atoms with Crippen LogP contribution < -0.4 is 0 Å². The summed E-state index contributed by atoms with van der Waals surface area (Å²) in [7, 11) is -3.87. The number of aryl methyl sites for hydroxylation is 2. The SMILES string of the molecule is Cc1oc(C)c(S(=O)(=O)N2CC(C)CCC2C)c1C(=O)O. The molecule has 7 heteroatoms. The van der Waals surface area contributed by atoms with Crippen molar-refractivity contribution in [3.05, 3.63) is 17.1 Å². The molecule has 0 saturated carbocycles. The molecule has 6 nitrogen and oxygen atoms in total. The third kappa shape index (κ3) is 2.72. The predicted octanol–water partition coefficient (Wildman–Crippen LogP) is 2.40. The number of sulfonamides is 1. The molecule has 0 bridgehead atoms. The average Bonchev–Trinajstić information content (AvgIpc) is 2.67. The van der Waals surface area contributed by atoms with Crippen LogP contribution in [-0.4, -0.2) is 36.4 Å². The Labute approximate surface area is 124 Å². The minimum atomic E-state index is -3.87. The number of furan rings is 1. The van der Waals surface area contributed by atoms with E-state index in [1.165, 1.54) is 18.2 Å². The molecular weight excluding hydrogens is 294 g/mol. The van der Waals surface area contributed by atoms with Crippen LogP contribution >= 0.6 is 0 Å². The highest BCUT2D eigenvalue weighted by Gasteiger charge is 2.39. The minimum Gasteiger partial charge on any atom is -0.478 e. The van der Waals surface area contributed by atoms with Crippen molar-refractivity contribution in [1.82, 2.24) is 4.31 Å². The van der Waals surface area contributed by atoms with Gasteiger partial charge in [0.15, 0.2) is 0 Å². The van der Waals surface area contributed by atoms with Crippen LogP contribution in [-0.2, 0) is 10.0 Å². The molecule has 1 saturated heterocycles. The fraction of sp³-hybridized carbons (Fsp3) is 0.643. The van der Waals surface area contributed by atoms with Gasteiger partial charge in [0.05, 0.1) is 0 Å². The highest BCUT2D eigenvalue weighted by atomic mass is 32.2. The highest BCUT2D eigenvalue weighted by molar-refractivity contribution is 7.89. The van der Waals surface area contributed by atoms with Gasteiger partial charge >= 0.3 is 5.97 Å². The first-order valence-electron chi connectivity index (χ1n) is 7.01. The van der Waals surface area contributed by atoms with E-state index in [2.05, 4.69) is 0 Å². The molecule has 1 N–H and O–H groups in total. The zero-order valence-electron chi connectivity index (χ0n) is 12.7. The maximum absolute atomic E-state index is 12.9. The molecule has 2 unspecified atom stereocenters. The summed E-state index contributed by atoms with van der Waals surface area (Å²) in [5.41, 5.74) is -0.252. The van der Waals surface area contributed by atoms with E-state index in [4.69, 9.17) is 4.42 Å². The Hall–Kier alpha value is -1.34. The van der Waals surface area contributed by atoms with E-state index in [1.807, 2.05) is 13.8 Å². The molecule has 2 heterocycles. The van der Waals surface area contributed by atoms with Crippen LogP contribution in [0.2, 0.25) is 0 Å². The van der Waals surface area contributed by atoms with Crippen molar-refractivity contribution in [3.63, 3.8) is 0 Å². The normalized spacial score (nSPS) is 24.2. The van der Waals surface area contributed by atoms with E-state index in [-0.39, 0.29) is 33.9 Å². The summed E-state index contributed by atoms with van der Waals surface area (Å²) in [6.45, 7) is 7.22. The van der Waals surface area contributed by atoms with E-state index < -0.39 is 16.0 Å². The lowest BCUT2D eigenvalue weighted by Crippen LogP contribution is -2.45. The third-order valence-corrected chi connectivity index (χ3v) is 6.18. The molecule has 0 amide bonds. The molecule has 0 radical (unpaired) electrons.